The second kappa shape index (κ2) is 7.81. The second-order valence-corrected chi connectivity index (χ2v) is 5.87. The number of nitrogens with zero attached hydrogens (tertiary/aromatic N) is 1. The zero-order chi connectivity index (χ0) is 16.8. The number of benzene rings is 3. The van der Waals surface area contributed by atoms with Crippen molar-refractivity contribution in [2.75, 3.05) is 13.1 Å². The third-order valence-electron chi connectivity index (χ3n) is 4.39. The molecule has 0 amide bonds. The molecule has 0 aliphatic heterocycles. The summed E-state index contributed by atoms with van der Waals surface area (Å²) in [5, 5.41) is 2.55. The van der Waals surface area contributed by atoms with Crippen molar-refractivity contribution in [1.29, 1.82) is 0 Å². The topological polar surface area (TPSA) is 3.24 Å². The molecule has 0 aromatic heterocycles. The molecule has 0 aliphatic rings. The van der Waals surface area contributed by atoms with E-state index < -0.39 is 0 Å². The minimum absolute atomic E-state index is 0.116. The Morgan fingerprint density at radius 2 is 1.46 bits per heavy atom. The lowest BCUT2D eigenvalue weighted by Gasteiger charge is -2.26. The summed E-state index contributed by atoms with van der Waals surface area (Å²) < 4.78 is 0. The van der Waals surface area contributed by atoms with Crippen LogP contribution in [0.5, 0.6) is 0 Å². The minimum atomic E-state index is 0.116. The van der Waals surface area contributed by atoms with Gasteiger partial charge in [-0.15, -0.1) is 0 Å². The lowest BCUT2D eigenvalue weighted by atomic mass is 10.0. The molecule has 24 heavy (non-hydrogen) atoms. The Morgan fingerprint density at radius 1 is 0.792 bits per heavy atom. The lowest BCUT2D eigenvalue weighted by Crippen LogP contribution is -2.27. The molecule has 0 bridgehead atoms. The van der Waals surface area contributed by atoms with E-state index in [1.807, 2.05) is 18.2 Å². The van der Waals surface area contributed by atoms with Crippen LogP contribution in [-0.4, -0.2) is 18.0 Å². The highest BCUT2D eigenvalue weighted by Gasteiger charge is 2.15. The molecule has 0 fully saturated rings. The van der Waals surface area contributed by atoms with E-state index in [4.69, 9.17) is 0 Å². The van der Waals surface area contributed by atoms with Gasteiger partial charge < -0.3 is 0 Å². The van der Waals surface area contributed by atoms with Crippen LogP contribution in [0.2, 0.25) is 0 Å². The van der Waals surface area contributed by atoms with Gasteiger partial charge in [0, 0.05) is 5.56 Å². The van der Waals surface area contributed by atoms with Crippen LogP contribution < -0.4 is 0 Å². The van der Waals surface area contributed by atoms with Crippen molar-refractivity contribution in [2.24, 2.45) is 0 Å². The summed E-state index contributed by atoms with van der Waals surface area (Å²) in [6, 6.07) is 25.5. The second-order valence-electron chi connectivity index (χ2n) is 5.87. The average Bonchev–Trinajstić information content (AvgIpc) is 2.65. The molecular weight excluding hydrogens is 290 g/mol. The van der Waals surface area contributed by atoms with Crippen LogP contribution in [0.3, 0.4) is 0 Å². The molecule has 3 aromatic rings. The van der Waals surface area contributed by atoms with Gasteiger partial charge in [0.25, 0.3) is 0 Å². The van der Waals surface area contributed by atoms with Crippen molar-refractivity contribution in [1.82, 2.24) is 4.90 Å². The maximum Gasteiger partial charge on any atom is 0.0974 e. The highest BCUT2D eigenvalue weighted by molar-refractivity contribution is 5.83. The van der Waals surface area contributed by atoms with Gasteiger partial charge in [-0.05, 0) is 47.6 Å². The molecule has 120 valence electrons. The summed E-state index contributed by atoms with van der Waals surface area (Å²) in [4.78, 5) is 2.40. The molecule has 1 nitrogen and oxygen atoms in total. The molecule has 0 saturated carbocycles. The molecule has 1 atom stereocenters. The molecule has 0 aliphatic carbocycles. The zero-order valence-electron chi connectivity index (χ0n) is 14.4. The van der Waals surface area contributed by atoms with E-state index in [0.717, 1.165) is 18.7 Å². The third-order valence-corrected chi connectivity index (χ3v) is 4.39. The summed E-state index contributed by atoms with van der Waals surface area (Å²) in [5.74, 6) is 6.84. The van der Waals surface area contributed by atoms with E-state index in [-0.39, 0.29) is 6.04 Å². The van der Waals surface area contributed by atoms with Gasteiger partial charge in [-0.1, -0.05) is 80.3 Å². The van der Waals surface area contributed by atoms with Crippen molar-refractivity contribution in [3.8, 4) is 11.8 Å². The van der Waals surface area contributed by atoms with Crippen LogP contribution in [0.15, 0.2) is 72.8 Å². The quantitative estimate of drug-likeness (QED) is 0.593. The lowest BCUT2D eigenvalue weighted by molar-refractivity contribution is 0.264. The summed E-state index contributed by atoms with van der Waals surface area (Å²) >= 11 is 0. The normalized spacial score (nSPS) is 12.0. The SMILES string of the molecule is CCN(CC)C(C#Cc1ccccc1)c1ccc2ccccc2c1. The van der Waals surface area contributed by atoms with Crippen LogP contribution in [0.1, 0.15) is 31.0 Å². The first-order chi connectivity index (χ1) is 11.8. The summed E-state index contributed by atoms with van der Waals surface area (Å²) in [7, 11) is 0. The standard InChI is InChI=1S/C23H23N/c1-3-24(4-2)23(17-14-19-10-6-5-7-11-19)22-16-15-20-12-8-9-13-21(20)18-22/h5-13,15-16,18,23H,3-4H2,1-2H3. The number of hydrogen-bond donors (Lipinski definition) is 0. The molecule has 1 unspecified atom stereocenters. The van der Waals surface area contributed by atoms with Crippen molar-refractivity contribution < 1.29 is 0 Å². The summed E-state index contributed by atoms with van der Waals surface area (Å²) in [6.45, 7) is 6.36. The largest absolute Gasteiger partial charge is 0.287 e. The summed E-state index contributed by atoms with van der Waals surface area (Å²) in [6.07, 6.45) is 0. The molecule has 0 radical (unpaired) electrons. The monoisotopic (exact) mass is 313 g/mol. The molecule has 3 aromatic carbocycles. The molecule has 1 heteroatoms. The molecule has 0 spiro atoms. The Balaban J connectivity index is 2.01. The van der Waals surface area contributed by atoms with Gasteiger partial charge in [0.1, 0.15) is 0 Å². The predicted octanol–water partition coefficient (Wildman–Crippen LogP) is 5.27. The van der Waals surface area contributed by atoms with Gasteiger partial charge in [-0.2, -0.15) is 0 Å². The summed E-state index contributed by atoms with van der Waals surface area (Å²) in [5.41, 5.74) is 2.33. The molecule has 3 rings (SSSR count). The first kappa shape index (κ1) is 16.3. The van der Waals surface area contributed by atoms with Gasteiger partial charge >= 0.3 is 0 Å². The predicted molar refractivity (Wildman–Crippen MR) is 103 cm³/mol. The smallest absolute Gasteiger partial charge is 0.0974 e. The fourth-order valence-corrected chi connectivity index (χ4v) is 3.03. The van der Waals surface area contributed by atoms with Crippen molar-refractivity contribution >= 4 is 10.8 Å². The first-order valence-electron chi connectivity index (χ1n) is 8.61. The van der Waals surface area contributed by atoms with Crippen molar-refractivity contribution in [2.45, 2.75) is 19.9 Å². The Bertz CT molecular complexity index is 851. The maximum atomic E-state index is 3.49. The van der Waals surface area contributed by atoms with Gasteiger partial charge in [0.05, 0.1) is 6.04 Å². The van der Waals surface area contributed by atoms with Gasteiger partial charge in [-0.3, -0.25) is 4.90 Å². The Kier molecular flexibility index (Phi) is 5.31. The fraction of sp³-hybridized carbons (Fsp3) is 0.217. The van der Waals surface area contributed by atoms with Gasteiger partial charge in [0.15, 0.2) is 0 Å². The molecular formula is C23H23N. The Hall–Kier alpha value is -2.56. The van der Waals surface area contributed by atoms with Crippen LogP contribution in [-0.2, 0) is 0 Å². The highest BCUT2D eigenvalue weighted by atomic mass is 15.1. The van der Waals surface area contributed by atoms with E-state index in [0.29, 0.717) is 0 Å². The average molecular weight is 313 g/mol. The highest BCUT2D eigenvalue weighted by Crippen LogP contribution is 2.24. The van der Waals surface area contributed by atoms with Crippen LogP contribution >= 0.6 is 0 Å². The third kappa shape index (κ3) is 3.67. The maximum absolute atomic E-state index is 3.49. The van der Waals surface area contributed by atoms with Gasteiger partial charge in [0.2, 0.25) is 0 Å². The van der Waals surface area contributed by atoms with E-state index in [1.165, 1.54) is 16.3 Å². The molecule has 0 N–H and O–H groups in total. The van der Waals surface area contributed by atoms with Crippen molar-refractivity contribution in [3.05, 3.63) is 83.9 Å². The number of rotatable bonds is 4. The van der Waals surface area contributed by atoms with E-state index in [1.54, 1.807) is 0 Å². The van der Waals surface area contributed by atoms with E-state index in [2.05, 4.69) is 85.2 Å². The zero-order valence-corrected chi connectivity index (χ0v) is 14.4. The van der Waals surface area contributed by atoms with Crippen LogP contribution in [0.25, 0.3) is 10.8 Å². The molecule has 0 saturated heterocycles. The Morgan fingerprint density at radius 3 is 2.17 bits per heavy atom. The van der Waals surface area contributed by atoms with Crippen LogP contribution in [0.4, 0.5) is 0 Å². The minimum Gasteiger partial charge on any atom is -0.287 e. The first-order valence-corrected chi connectivity index (χ1v) is 8.61. The molecule has 0 heterocycles. The van der Waals surface area contributed by atoms with Gasteiger partial charge in [-0.25, -0.2) is 0 Å². The van der Waals surface area contributed by atoms with E-state index >= 15 is 0 Å². The fourth-order valence-electron chi connectivity index (χ4n) is 3.03. The van der Waals surface area contributed by atoms with Crippen LogP contribution in [0, 0.1) is 11.8 Å². The Labute approximate surface area is 144 Å². The van der Waals surface area contributed by atoms with Crippen molar-refractivity contribution in [3.63, 3.8) is 0 Å². The number of fused-ring (bicyclic) bond motifs is 1. The number of hydrogen-bond acceptors (Lipinski definition) is 1. The van der Waals surface area contributed by atoms with E-state index in [9.17, 15) is 0 Å².